The highest BCUT2D eigenvalue weighted by molar-refractivity contribution is 9.11. The molecule has 37 heavy (non-hydrogen) atoms. The Morgan fingerprint density at radius 3 is 1.76 bits per heavy atom. The molecule has 0 aromatic heterocycles. The van der Waals surface area contributed by atoms with Crippen molar-refractivity contribution in [3.8, 4) is 11.5 Å². The van der Waals surface area contributed by atoms with E-state index >= 15 is 0 Å². The van der Waals surface area contributed by atoms with Crippen LogP contribution in [0.25, 0.3) is 0 Å². The van der Waals surface area contributed by atoms with E-state index in [0.29, 0.717) is 20.9 Å². The van der Waals surface area contributed by atoms with E-state index in [1.807, 2.05) is 0 Å². The van der Waals surface area contributed by atoms with Gasteiger partial charge in [0.25, 0.3) is 0 Å². The average molecular weight is 715 g/mol. The Bertz CT molecular complexity index is 1040. The van der Waals surface area contributed by atoms with E-state index in [1.165, 1.54) is 20.3 Å². The largest absolute Gasteiger partial charge is 0.506 e. The first-order valence-corrected chi connectivity index (χ1v) is 13.2. The van der Waals surface area contributed by atoms with Crippen molar-refractivity contribution >= 4 is 71.7 Å². The third-order valence-corrected chi connectivity index (χ3v) is 5.54. The Morgan fingerprint density at radius 1 is 0.784 bits per heavy atom. The van der Waals surface area contributed by atoms with Gasteiger partial charge in [0.15, 0.2) is 6.61 Å². The molecule has 204 valence electrons. The molecular formula is C24H27Br3O10. The number of ether oxygens (including phenoxy) is 5. The summed E-state index contributed by atoms with van der Waals surface area (Å²) in [4.78, 5) is 43.8. The van der Waals surface area contributed by atoms with Gasteiger partial charge in [-0.15, -0.1) is 0 Å². The fraction of sp³-hybridized carbons (Fsp3) is 0.333. The smallest absolute Gasteiger partial charge is 0.344 e. The summed E-state index contributed by atoms with van der Waals surface area (Å²) in [5.74, 6) is -1.61. The van der Waals surface area contributed by atoms with E-state index in [9.17, 15) is 24.3 Å². The van der Waals surface area contributed by atoms with E-state index in [-0.39, 0.29) is 41.8 Å². The van der Waals surface area contributed by atoms with Crippen LogP contribution < -0.4 is 4.74 Å². The predicted molar refractivity (Wildman–Crippen MR) is 145 cm³/mol. The van der Waals surface area contributed by atoms with E-state index in [0.717, 1.165) is 0 Å². The van der Waals surface area contributed by atoms with E-state index < -0.39 is 17.9 Å². The molecule has 2 aromatic rings. The second-order valence-electron chi connectivity index (χ2n) is 6.27. The zero-order valence-corrected chi connectivity index (χ0v) is 25.3. The van der Waals surface area contributed by atoms with Gasteiger partial charge in [0, 0.05) is 0 Å². The summed E-state index contributed by atoms with van der Waals surface area (Å²) in [7, 11) is 2.54. The van der Waals surface area contributed by atoms with Crippen molar-refractivity contribution in [2.45, 2.75) is 13.8 Å². The van der Waals surface area contributed by atoms with Crippen molar-refractivity contribution in [2.75, 3.05) is 39.4 Å². The van der Waals surface area contributed by atoms with E-state index in [2.05, 4.69) is 62.0 Å². The van der Waals surface area contributed by atoms with Crippen LogP contribution in [0, 0.1) is 0 Å². The fourth-order valence-electron chi connectivity index (χ4n) is 2.25. The first-order valence-electron chi connectivity index (χ1n) is 10.5. The van der Waals surface area contributed by atoms with Crippen LogP contribution in [0.1, 0.15) is 34.6 Å². The van der Waals surface area contributed by atoms with Gasteiger partial charge in [-0.3, -0.25) is 4.79 Å². The quantitative estimate of drug-likeness (QED) is 0.225. The maximum Gasteiger partial charge on any atom is 0.344 e. The van der Waals surface area contributed by atoms with Gasteiger partial charge in [-0.05, 0) is 70.0 Å². The van der Waals surface area contributed by atoms with Crippen LogP contribution in [0.2, 0.25) is 0 Å². The first-order chi connectivity index (χ1) is 17.6. The molecule has 0 atom stereocenters. The molecule has 0 aliphatic rings. The number of alkyl halides is 1. The van der Waals surface area contributed by atoms with Gasteiger partial charge in [-0.1, -0.05) is 28.1 Å². The predicted octanol–water partition coefficient (Wildman–Crippen LogP) is 5.06. The molecule has 10 nitrogen and oxygen atoms in total. The second kappa shape index (κ2) is 19.5. The molecule has 13 heteroatoms. The molecule has 0 fully saturated rings. The molecule has 1 N–H and O–H groups in total. The number of methoxy groups -OCH3 is 2. The van der Waals surface area contributed by atoms with Crippen molar-refractivity contribution in [1.29, 1.82) is 0 Å². The molecule has 0 aliphatic carbocycles. The number of halogens is 3. The van der Waals surface area contributed by atoms with E-state index in [1.54, 1.807) is 44.2 Å². The van der Waals surface area contributed by atoms with Gasteiger partial charge in [0.1, 0.15) is 28.0 Å². The van der Waals surface area contributed by atoms with Crippen molar-refractivity contribution in [2.24, 2.45) is 0 Å². The Hall–Kier alpha value is -2.64. The van der Waals surface area contributed by atoms with Crippen LogP contribution in [-0.2, 0) is 28.5 Å². The monoisotopic (exact) mass is 712 g/mol. The van der Waals surface area contributed by atoms with Gasteiger partial charge in [0.2, 0.25) is 0 Å². The third kappa shape index (κ3) is 12.9. The Kier molecular flexibility index (Phi) is 18.1. The van der Waals surface area contributed by atoms with E-state index in [4.69, 9.17) is 9.47 Å². The lowest BCUT2D eigenvalue weighted by atomic mass is 10.2. The standard InChI is InChI=1S/C12H13BrO5.C8H7BrO3.C4H7BrO2/c1-3-17-10(14)7-18-11-8(12(15)16-2)5-4-6-9(11)13;1-12-8(11)5-3-2-4-6(9)7(5)10;1-2-7-4(6)3-5/h4-6H,3,7H2,1-2H3;2-4,10H,1H3;2-3H2,1H3. The molecule has 0 radical (unpaired) electrons. The molecule has 0 bridgehead atoms. The van der Waals surface area contributed by atoms with Gasteiger partial charge < -0.3 is 28.8 Å². The minimum absolute atomic E-state index is 0.0932. The van der Waals surface area contributed by atoms with Crippen LogP contribution in [0.15, 0.2) is 45.3 Å². The summed E-state index contributed by atoms with van der Waals surface area (Å²) in [6, 6.07) is 9.71. The summed E-state index contributed by atoms with van der Waals surface area (Å²) >= 11 is 9.28. The van der Waals surface area contributed by atoms with Crippen molar-refractivity contribution in [3.63, 3.8) is 0 Å². The Labute approximate surface area is 239 Å². The lowest BCUT2D eigenvalue weighted by Crippen LogP contribution is -2.16. The number of hydrogen-bond acceptors (Lipinski definition) is 10. The zero-order chi connectivity index (χ0) is 28.4. The number of hydrogen-bond donors (Lipinski definition) is 1. The maximum atomic E-state index is 11.5. The average Bonchev–Trinajstić information content (AvgIpc) is 2.89. The van der Waals surface area contributed by atoms with Crippen molar-refractivity contribution < 1.29 is 48.0 Å². The lowest BCUT2D eigenvalue weighted by Gasteiger charge is -2.11. The Balaban J connectivity index is 0.000000586. The highest BCUT2D eigenvalue weighted by atomic mass is 79.9. The molecule has 0 aliphatic heterocycles. The van der Waals surface area contributed by atoms with Crippen LogP contribution in [0.3, 0.4) is 0 Å². The molecule has 0 saturated carbocycles. The maximum absolute atomic E-state index is 11.5. The SMILES string of the molecule is CCOC(=O)CBr.CCOC(=O)COc1c(Br)cccc1C(=O)OC.COC(=O)c1cccc(Br)c1O. The van der Waals surface area contributed by atoms with Crippen LogP contribution in [-0.4, -0.2) is 68.4 Å². The van der Waals surface area contributed by atoms with Gasteiger partial charge in [-0.2, -0.15) is 0 Å². The number of aromatic hydroxyl groups is 1. The number of benzene rings is 2. The topological polar surface area (TPSA) is 135 Å². The fourth-order valence-corrected chi connectivity index (χ4v) is 3.26. The van der Waals surface area contributed by atoms with Crippen LogP contribution in [0.5, 0.6) is 11.5 Å². The molecule has 0 amide bonds. The number of phenols is 1. The summed E-state index contributed by atoms with van der Waals surface area (Å²) in [6.45, 7) is 3.96. The molecule has 2 rings (SSSR count). The number of carbonyl (C=O) groups is 4. The molecular weight excluding hydrogens is 688 g/mol. The highest BCUT2D eigenvalue weighted by Crippen LogP contribution is 2.30. The number of esters is 4. The summed E-state index contributed by atoms with van der Waals surface area (Å²) < 4.78 is 24.6. The number of para-hydroxylation sites is 2. The zero-order valence-electron chi connectivity index (χ0n) is 20.5. The molecule has 0 saturated heterocycles. The molecule has 0 spiro atoms. The van der Waals surface area contributed by atoms with Gasteiger partial charge in [0.05, 0.1) is 36.4 Å². The second-order valence-corrected chi connectivity index (χ2v) is 8.54. The summed E-state index contributed by atoms with van der Waals surface area (Å²) in [6.07, 6.45) is 0. The van der Waals surface area contributed by atoms with Crippen LogP contribution >= 0.6 is 47.8 Å². The Morgan fingerprint density at radius 2 is 1.27 bits per heavy atom. The number of rotatable bonds is 8. The summed E-state index contributed by atoms with van der Waals surface area (Å²) in [5, 5.41) is 9.64. The number of phenolic OH excluding ortho intramolecular Hbond substituents is 1. The first kappa shape index (κ1) is 34.4. The van der Waals surface area contributed by atoms with Crippen LogP contribution in [0.4, 0.5) is 0 Å². The van der Waals surface area contributed by atoms with Gasteiger partial charge in [-0.25, -0.2) is 14.4 Å². The molecule has 0 heterocycles. The minimum atomic E-state index is -0.547. The lowest BCUT2D eigenvalue weighted by molar-refractivity contribution is -0.145. The number of carbonyl (C=O) groups excluding carboxylic acids is 4. The van der Waals surface area contributed by atoms with Crippen molar-refractivity contribution in [1.82, 2.24) is 0 Å². The highest BCUT2D eigenvalue weighted by Gasteiger charge is 2.17. The molecule has 2 aromatic carbocycles. The normalized spacial score (nSPS) is 9.38. The minimum Gasteiger partial charge on any atom is -0.506 e. The third-order valence-electron chi connectivity index (χ3n) is 3.82. The summed E-state index contributed by atoms with van der Waals surface area (Å²) in [5.41, 5.74) is 0.406. The van der Waals surface area contributed by atoms with Gasteiger partial charge >= 0.3 is 23.9 Å². The molecule has 0 unspecified atom stereocenters. The van der Waals surface area contributed by atoms with Crippen molar-refractivity contribution in [3.05, 3.63) is 56.5 Å².